The molecule has 6 nitrogen and oxygen atoms in total. The molecule has 1 aliphatic heterocycles. The van der Waals surface area contributed by atoms with Crippen LogP contribution in [-0.4, -0.2) is 36.8 Å². The maximum Gasteiger partial charge on any atom is 0.150 e. The molecule has 3 N–H and O–H groups in total. The minimum Gasteiger partial charge on any atom is -0.393 e. The molecule has 2 aromatic heterocycles. The van der Waals surface area contributed by atoms with Gasteiger partial charge in [0.2, 0.25) is 0 Å². The first kappa shape index (κ1) is 19.2. The highest BCUT2D eigenvalue weighted by Gasteiger charge is 2.37. The summed E-state index contributed by atoms with van der Waals surface area (Å²) in [4.78, 5) is 14.5. The second kappa shape index (κ2) is 7.00. The van der Waals surface area contributed by atoms with Crippen LogP contribution in [-0.2, 0) is 0 Å². The molecular formula is C26H25N5O. The molecule has 0 saturated heterocycles. The predicted octanol–water partition coefficient (Wildman–Crippen LogP) is 4.08. The van der Waals surface area contributed by atoms with Crippen molar-refractivity contribution in [1.29, 1.82) is 0 Å². The van der Waals surface area contributed by atoms with Crippen LogP contribution in [0.4, 0.5) is 5.82 Å². The molecule has 1 saturated carbocycles. The number of imidazole rings is 1. The molecule has 6 rings (SSSR count). The number of allylic oxidation sites excluding steroid dienone is 3. The van der Waals surface area contributed by atoms with Gasteiger partial charge in [-0.05, 0) is 42.6 Å². The number of nitrogen functional groups attached to an aromatic ring is 1. The van der Waals surface area contributed by atoms with E-state index in [1.807, 2.05) is 24.4 Å². The average molecular weight is 424 g/mol. The first-order valence-electron chi connectivity index (χ1n) is 11.1. The zero-order valence-corrected chi connectivity index (χ0v) is 17.9. The lowest BCUT2D eigenvalue weighted by Crippen LogP contribution is -2.30. The van der Waals surface area contributed by atoms with Crippen LogP contribution in [0, 0.1) is 0 Å². The Labute approximate surface area is 186 Å². The van der Waals surface area contributed by atoms with Gasteiger partial charge < -0.3 is 10.8 Å². The molecule has 1 atom stereocenters. The molecule has 32 heavy (non-hydrogen) atoms. The minimum absolute atomic E-state index is 0.235. The Bertz CT molecular complexity index is 1340. The number of aliphatic hydroxyl groups is 1. The van der Waals surface area contributed by atoms with Crippen LogP contribution in [0.1, 0.15) is 49.2 Å². The van der Waals surface area contributed by atoms with Gasteiger partial charge in [-0.3, -0.25) is 9.39 Å². The summed E-state index contributed by atoms with van der Waals surface area (Å²) in [5.41, 5.74) is 12.1. The highest BCUT2D eigenvalue weighted by molar-refractivity contribution is 6.10. The molecule has 6 heteroatoms. The molecule has 1 fully saturated rings. The van der Waals surface area contributed by atoms with E-state index in [2.05, 4.69) is 52.7 Å². The van der Waals surface area contributed by atoms with Crippen LogP contribution in [0.5, 0.6) is 0 Å². The number of dihydropyridines is 1. The number of anilines is 1. The van der Waals surface area contributed by atoms with Gasteiger partial charge in [-0.15, -0.1) is 0 Å². The van der Waals surface area contributed by atoms with Gasteiger partial charge in [0.15, 0.2) is 0 Å². The molecule has 1 aromatic carbocycles. The van der Waals surface area contributed by atoms with Crippen LogP contribution in [0.3, 0.4) is 0 Å². The highest BCUT2D eigenvalue weighted by atomic mass is 16.3. The SMILES string of the molecule is CC12CC(c3nc([C@H]4C[C@@H](O)C4)n4ccnc(N)c34)=CC=C1C=CC(c1ccccc1)=N2. The van der Waals surface area contributed by atoms with E-state index < -0.39 is 0 Å². The van der Waals surface area contributed by atoms with Crippen molar-refractivity contribution >= 4 is 22.6 Å². The number of fused-ring (bicyclic) bond motifs is 2. The Morgan fingerprint density at radius 2 is 1.94 bits per heavy atom. The summed E-state index contributed by atoms with van der Waals surface area (Å²) in [6.45, 7) is 2.18. The lowest BCUT2D eigenvalue weighted by molar-refractivity contribution is 0.0715. The number of nitrogens with zero attached hydrogens (tertiary/aromatic N) is 4. The van der Waals surface area contributed by atoms with E-state index in [1.54, 1.807) is 6.20 Å². The third-order valence-electron chi connectivity index (χ3n) is 6.87. The molecular weight excluding hydrogens is 398 g/mol. The van der Waals surface area contributed by atoms with Crippen LogP contribution in [0.25, 0.3) is 11.1 Å². The summed E-state index contributed by atoms with van der Waals surface area (Å²) in [5, 5.41) is 9.83. The van der Waals surface area contributed by atoms with Crippen LogP contribution in [0.2, 0.25) is 0 Å². The molecule has 3 aromatic rings. The minimum atomic E-state index is -0.371. The van der Waals surface area contributed by atoms with Crippen molar-refractivity contribution in [3.05, 3.63) is 89.7 Å². The third-order valence-corrected chi connectivity index (χ3v) is 6.87. The average Bonchev–Trinajstić information content (AvgIpc) is 3.17. The quantitative estimate of drug-likeness (QED) is 0.664. The standard InChI is InChI=1S/C26H25N5O/c1-26-15-17(7-8-19(26)9-10-21(30-26)16-5-3-2-4-6-16)22-23-24(27)28-11-12-31(23)25(29-22)18-13-20(32)14-18/h2-12,18,20,32H,13-15H2,1H3,(H2,27,28)/t18-,20+,26?. The van der Waals surface area contributed by atoms with E-state index in [0.29, 0.717) is 5.82 Å². The number of hydrogen-bond donors (Lipinski definition) is 2. The number of hydrogen-bond acceptors (Lipinski definition) is 5. The Balaban J connectivity index is 1.43. The maximum atomic E-state index is 9.83. The Kier molecular flexibility index (Phi) is 4.20. The largest absolute Gasteiger partial charge is 0.393 e. The van der Waals surface area contributed by atoms with E-state index in [9.17, 15) is 5.11 Å². The molecule has 2 aliphatic carbocycles. The monoisotopic (exact) mass is 423 g/mol. The smallest absolute Gasteiger partial charge is 0.150 e. The number of benzene rings is 1. The lowest BCUT2D eigenvalue weighted by atomic mass is 9.78. The Morgan fingerprint density at radius 1 is 1.12 bits per heavy atom. The van der Waals surface area contributed by atoms with Gasteiger partial charge in [0.05, 0.1) is 23.0 Å². The lowest BCUT2D eigenvalue weighted by Gasteiger charge is -2.34. The van der Waals surface area contributed by atoms with Crippen LogP contribution < -0.4 is 5.73 Å². The zero-order chi connectivity index (χ0) is 21.9. The summed E-state index contributed by atoms with van der Waals surface area (Å²) in [7, 11) is 0. The van der Waals surface area contributed by atoms with E-state index in [-0.39, 0.29) is 17.6 Å². The fraction of sp³-hybridized carbons (Fsp3) is 0.269. The number of rotatable bonds is 3. The van der Waals surface area contributed by atoms with E-state index in [1.165, 1.54) is 5.57 Å². The summed E-state index contributed by atoms with van der Waals surface area (Å²) >= 11 is 0. The van der Waals surface area contributed by atoms with Crippen molar-refractivity contribution in [2.75, 3.05) is 5.73 Å². The summed E-state index contributed by atoms with van der Waals surface area (Å²) in [6, 6.07) is 10.3. The second-order valence-corrected chi connectivity index (χ2v) is 9.13. The van der Waals surface area contributed by atoms with Gasteiger partial charge in [0.1, 0.15) is 17.2 Å². The van der Waals surface area contributed by atoms with E-state index in [4.69, 9.17) is 15.7 Å². The van der Waals surface area contributed by atoms with Crippen LogP contribution in [0.15, 0.2) is 77.6 Å². The molecule has 1 unspecified atom stereocenters. The number of aromatic nitrogens is 3. The van der Waals surface area contributed by atoms with Gasteiger partial charge in [-0.1, -0.05) is 48.6 Å². The number of aliphatic hydroxyl groups excluding tert-OH is 1. The van der Waals surface area contributed by atoms with Gasteiger partial charge in [0.25, 0.3) is 0 Å². The van der Waals surface area contributed by atoms with Crippen molar-refractivity contribution in [3.8, 4) is 0 Å². The van der Waals surface area contributed by atoms with Crippen LogP contribution >= 0.6 is 0 Å². The summed E-state index contributed by atoms with van der Waals surface area (Å²) in [6.07, 6.45) is 14.1. The van der Waals surface area contributed by atoms with Gasteiger partial charge in [-0.25, -0.2) is 9.97 Å². The summed E-state index contributed by atoms with van der Waals surface area (Å²) in [5.74, 6) is 1.66. The maximum absolute atomic E-state index is 9.83. The molecule has 0 spiro atoms. The zero-order valence-electron chi connectivity index (χ0n) is 17.9. The first-order chi connectivity index (χ1) is 15.5. The summed E-state index contributed by atoms with van der Waals surface area (Å²) < 4.78 is 2.05. The van der Waals surface area contributed by atoms with Crippen molar-refractivity contribution < 1.29 is 5.11 Å². The Hall–Kier alpha value is -3.51. The third kappa shape index (κ3) is 2.94. The molecule has 160 valence electrons. The molecule has 0 amide bonds. The fourth-order valence-electron chi connectivity index (χ4n) is 5.04. The Morgan fingerprint density at radius 3 is 2.72 bits per heavy atom. The number of nitrogens with two attached hydrogens (primary N) is 1. The normalized spacial score (nSPS) is 26.8. The molecule has 3 heterocycles. The molecule has 0 radical (unpaired) electrons. The molecule has 3 aliphatic rings. The van der Waals surface area contributed by atoms with Crippen molar-refractivity contribution in [3.63, 3.8) is 0 Å². The number of aliphatic imine (C=N–C) groups is 1. The topological polar surface area (TPSA) is 88.8 Å². The predicted molar refractivity (Wildman–Crippen MR) is 127 cm³/mol. The fourth-order valence-corrected chi connectivity index (χ4v) is 5.04. The van der Waals surface area contributed by atoms with Crippen molar-refractivity contribution in [1.82, 2.24) is 14.4 Å². The van der Waals surface area contributed by atoms with Gasteiger partial charge >= 0.3 is 0 Å². The van der Waals surface area contributed by atoms with Crippen molar-refractivity contribution in [2.24, 2.45) is 4.99 Å². The first-order valence-corrected chi connectivity index (χ1v) is 11.1. The van der Waals surface area contributed by atoms with E-state index >= 15 is 0 Å². The van der Waals surface area contributed by atoms with Crippen molar-refractivity contribution in [2.45, 2.75) is 43.7 Å². The van der Waals surface area contributed by atoms with Gasteiger partial charge in [-0.2, -0.15) is 0 Å². The van der Waals surface area contributed by atoms with Gasteiger partial charge in [0, 0.05) is 24.7 Å². The second-order valence-electron chi connectivity index (χ2n) is 9.13. The highest BCUT2D eigenvalue weighted by Crippen LogP contribution is 2.43. The molecule has 0 bridgehead atoms. The van der Waals surface area contributed by atoms with E-state index in [0.717, 1.165) is 53.1 Å².